The second-order valence-corrected chi connectivity index (χ2v) is 6.97. The zero-order valence-corrected chi connectivity index (χ0v) is 14.9. The van der Waals surface area contributed by atoms with Gasteiger partial charge >= 0.3 is 0 Å². The number of benzene rings is 1. The normalized spacial score (nSPS) is 23.2. The van der Waals surface area contributed by atoms with Crippen molar-refractivity contribution >= 4 is 5.91 Å². The van der Waals surface area contributed by atoms with Crippen LogP contribution in [0.4, 0.5) is 0 Å². The Bertz CT molecular complexity index is 721. The Morgan fingerprint density at radius 3 is 2.80 bits per heavy atom. The van der Waals surface area contributed by atoms with Gasteiger partial charge in [0.15, 0.2) is 0 Å². The molecule has 0 radical (unpaired) electrons. The van der Waals surface area contributed by atoms with Gasteiger partial charge in [-0.05, 0) is 50.1 Å². The summed E-state index contributed by atoms with van der Waals surface area (Å²) in [6.45, 7) is 2.39. The molecule has 1 aromatic carbocycles. The number of hydrogen-bond acceptors (Lipinski definition) is 4. The first kappa shape index (κ1) is 17.5. The van der Waals surface area contributed by atoms with E-state index in [2.05, 4.69) is 10.4 Å². The van der Waals surface area contributed by atoms with Crippen LogP contribution < -0.4 is 15.8 Å². The Hall–Kier alpha value is -2.34. The monoisotopic (exact) mass is 342 g/mol. The molecule has 2 atom stereocenters. The summed E-state index contributed by atoms with van der Waals surface area (Å²) in [5, 5.41) is 7.51. The van der Waals surface area contributed by atoms with Crippen molar-refractivity contribution in [2.75, 3.05) is 7.11 Å². The Morgan fingerprint density at radius 2 is 2.12 bits per heavy atom. The standard InChI is InChI=1S/C19H26N4O2/c1-19(20)11-4-3-5-17(19)18(24)21-13-14-10-12-23(22-14)15-6-8-16(25-2)9-7-15/h6-10,12,17H,3-5,11,13,20H2,1-2H3,(H,21,24). The number of nitrogens with two attached hydrogens (primary N) is 1. The average Bonchev–Trinajstić information content (AvgIpc) is 3.08. The number of nitrogens with zero attached hydrogens (tertiary/aromatic N) is 2. The fourth-order valence-corrected chi connectivity index (χ4v) is 3.42. The molecule has 1 heterocycles. The molecule has 3 N–H and O–H groups in total. The van der Waals surface area contributed by atoms with Crippen LogP contribution in [0.2, 0.25) is 0 Å². The van der Waals surface area contributed by atoms with Crippen molar-refractivity contribution in [1.29, 1.82) is 0 Å². The minimum atomic E-state index is -0.412. The lowest BCUT2D eigenvalue weighted by Gasteiger charge is -2.37. The fraction of sp³-hybridized carbons (Fsp3) is 0.474. The van der Waals surface area contributed by atoms with Crippen LogP contribution in [0.5, 0.6) is 5.75 Å². The molecule has 3 rings (SSSR count). The van der Waals surface area contributed by atoms with E-state index in [0.717, 1.165) is 42.8 Å². The van der Waals surface area contributed by atoms with Gasteiger partial charge in [-0.15, -0.1) is 0 Å². The number of amides is 1. The lowest BCUT2D eigenvalue weighted by Crippen LogP contribution is -2.52. The maximum atomic E-state index is 12.5. The molecular weight excluding hydrogens is 316 g/mol. The van der Waals surface area contributed by atoms with Gasteiger partial charge in [0.25, 0.3) is 0 Å². The topological polar surface area (TPSA) is 82.2 Å². The first-order chi connectivity index (χ1) is 12.0. The third-order valence-corrected chi connectivity index (χ3v) is 5.00. The third-order valence-electron chi connectivity index (χ3n) is 5.00. The highest BCUT2D eigenvalue weighted by molar-refractivity contribution is 5.80. The van der Waals surface area contributed by atoms with Crippen LogP contribution in [-0.2, 0) is 11.3 Å². The third kappa shape index (κ3) is 4.02. The zero-order valence-electron chi connectivity index (χ0n) is 14.9. The average molecular weight is 342 g/mol. The summed E-state index contributed by atoms with van der Waals surface area (Å²) in [7, 11) is 1.64. The molecule has 1 amide bonds. The van der Waals surface area contributed by atoms with E-state index < -0.39 is 5.54 Å². The number of nitrogens with one attached hydrogen (secondary N) is 1. The second kappa shape index (κ2) is 7.27. The van der Waals surface area contributed by atoms with Gasteiger partial charge in [0.05, 0.1) is 31.0 Å². The second-order valence-electron chi connectivity index (χ2n) is 6.97. The Balaban J connectivity index is 1.60. The van der Waals surface area contributed by atoms with Gasteiger partial charge < -0.3 is 15.8 Å². The van der Waals surface area contributed by atoms with Crippen molar-refractivity contribution in [3.63, 3.8) is 0 Å². The number of carbonyl (C=O) groups is 1. The number of rotatable bonds is 5. The summed E-state index contributed by atoms with van der Waals surface area (Å²) in [6.07, 6.45) is 5.81. The summed E-state index contributed by atoms with van der Waals surface area (Å²) in [4.78, 5) is 12.5. The minimum absolute atomic E-state index is 0.0312. The number of ether oxygens (including phenoxy) is 1. The number of hydrogen-bond donors (Lipinski definition) is 2. The van der Waals surface area contributed by atoms with Crippen LogP contribution >= 0.6 is 0 Å². The zero-order chi connectivity index (χ0) is 17.9. The summed E-state index contributed by atoms with van der Waals surface area (Å²) in [5.74, 6) is 0.717. The number of aromatic nitrogens is 2. The molecule has 6 nitrogen and oxygen atoms in total. The lowest BCUT2D eigenvalue weighted by atomic mass is 9.74. The van der Waals surface area contributed by atoms with E-state index in [0.29, 0.717) is 6.54 Å². The molecule has 1 fully saturated rings. The molecule has 1 saturated carbocycles. The van der Waals surface area contributed by atoms with Gasteiger partial charge in [-0.2, -0.15) is 5.10 Å². The summed E-state index contributed by atoms with van der Waals surface area (Å²) < 4.78 is 6.95. The smallest absolute Gasteiger partial charge is 0.225 e. The first-order valence-corrected chi connectivity index (χ1v) is 8.75. The SMILES string of the molecule is COc1ccc(-n2ccc(CNC(=O)C3CCCCC3(C)N)n2)cc1. The summed E-state index contributed by atoms with van der Waals surface area (Å²) in [5.41, 5.74) is 7.66. The quantitative estimate of drug-likeness (QED) is 0.874. The van der Waals surface area contributed by atoms with Gasteiger partial charge in [0.1, 0.15) is 5.75 Å². The van der Waals surface area contributed by atoms with E-state index in [4.69, 9.17) is 10.5 Å². The molecule has 134 valence electrons. The van der Waals surface area contributed by atoms with Crippen LogP contribution in [0.25, 0.3) is 5.69 Å². The van der Waals surface area contributed by atoms with E-state index in [9.17, 15) is 4.79 Å². The van der Waals surface area contributed by atoms with Gasteiger partial charge in [0.2, 0.25) is 5.91 Å². The molecule has 0 aliphatic heterocycles. The van der Waals surface area contributed by atoms with Crippen molar-refractivity contribution in [2.24, 2.45) is 11.7 Å². The molecule has 0 saturated heterocycles. The van der Waals surface area contributed by atoms with Gasteiger partial charge in [-0.3, -0.25) is 4.79 Å². The maximum absolute atomic E-state index is 12.5. The summed E-state index contributed by atoms with van der Waals surface area (Å²) in [6, 6.07) is 9.58. The van der Waals surface area contributed by atoms with Crippen LogP contribution in [0.1, 0.15) is 38.3 Å². The molecule has 0 bridgehead atoms. The van der Waals surface area contributed by atoms with Crippen LogP contribution in [0, 0.1) is 5.92 Å². The minimum Gasteiger partial charge on any atom is -0.497 e. The van der Waals surface area contributed by atoms with E-state index in [1.807, 2.05) is 43.5 Å². The van der Waals surface area contributed by atoms with Gasteiger partial charge in [-0.1, -0.05) is 12.8 Å². The highest BCUT2D eigenvalue weighted by atomic mass is 16.5. The van der Waals surface area contributed by atoms with Crippen molar-refractivity contribution in [3.8, 4) is 11.4 Å². The van der Waals surface area contributed by atoms with Crippen molar-refractivity contribution < 1.29 is 9.53 Å². The molecule has 1 aliphatic carbocycles. The van der Waals surface area contributed by atoms with E-state index in [1.165, 1.54) is 0 Å². The molecule has 0 spiro atoms. The fourth-order valence-electron chi connectivity index (χ4n) is 3.42. The highest BCUT2D eigenvalue weighted by Crippen LogP contribution is 2.31. The highest BCUT2D eigenvalue weighted by Gasteiger charge is 2.37. The first-order valence-electron chi connectivity index (χ1n) is 8.75. The molecule has 2 aromatic rings. The molecule has 6 heteroatoms. The van der Waals surface area contributed by atoms with Gasteiger partial charge in [-0.25, -0.2) is 4.68 Å². The van der Waals surface area contributed by atoms with Gasteiger partial charge in [0, 0.05) is 11.7 Å². The Kier molecular flexibility index (Phi) is 5.08. The lowest BCUT2D eigenvalue weighted by molar-refractivity contribution is -0.128. The molecule has 1 aromatic heterocycles. The van der Waals surface area contributed by atoms with Crippen molar-refractivity contribution in [1.82, 2.24) is 15.1 Å². The Labute approximate surface area is 148 Å². The van der Waals surface area contributed by atoms with E-state index in [-0.39, 0.29) is 11.8 Å². The maximum Gasteiger partial charge on any atom is 0.225 e. The predicted octanol–water partition coefficient (Wildman–Crippen LogP) is 2.40. The van der Waals surface area contributed by atoms with E-state index >= 15 is 0 Å². The van der Waals surface area contributed by atoms with Crippen LogP contribution in [0.15, 0.2) is 36.5 Å². The molecule has 1 aliphatic rings. The van der Waals surface area contributed by atoms with E-state index in [1.54, 1.807) is 11.8 Å². The number of carbonyl (C=O) groups excluding carboxylic acids is 1. The molecule has 2 unspecified atom stereocenters. The summed E-state index contributed by atoms with van der Waals surface area (Å²) >= 11 is 0. The van der Waals surface area contributed by atoms with Crippen molar-refractivity contribution in [3.05, 3.63) is 42.2 Å². The van der Waals surface area contributed by atoms with Crippen LogP contribution in [-0.4, -0.2) is 28.3 Å². The van der Waals surface area contributed by atoms with Crippen molar-refractivity contribution in [2.45, 2.75) is 44.7 Å². The Morgan fingerprint density at radius 1 is 1.36 bits per heavy atom. The molecular formula is C19H26N4O2. The largest absolute Gasteiger partial charge is 0.497 e. The number of methoxy groups -OCH3 is 1. The predicted molar refractivity (Wildman–Crippen MR) is 96.5 cm³/mol. The van der Waals surface area contributed by atoms with Crippen LogP contribution in [0.3, 0.4) is 0 Å². The molecule has 25 heavy (non-hydrogen) atoms.